The maximum absolute atomic E-state index is 11.8. The first kappa shape index (κ1) is 23.3. The van der Waals surface area contributed by atoms with Crippen LogP contribution in [0.25, 0.3) is 0 Å². The van der Waals surface area contributed by atoms with Gasteiger partial charge in [0.25, 0.3) is 0 Å². The van der Waals surface area contributed by atoms with E-state index in [-0.39, 0.29) is 17.5 Å². The Hall–Kier alpha value is -0.830. The van der Waals surface area contributed by atoms with Gasteiger partial charge in [0.2, 0.25) is 0 Å². The third kappa shape index (κ3) is 3.62. The minimum atomic E-state index is -0.255. The molecule has 3 nitrogen and oxygen atoms in total. The summed E-state index contributed by atoms with van der Waals surface area (Å²) in [6, 6.07) is 0. The third-order valence-electron chi connectivity index (χ3n) is 11.1. The zero-order valence-corrected chi connectivity index (χ0v) is 20.8. The monoisotopic (exact) mass is 430 g/mol. The second kappa shape index (κ2) is 8.50. The van der Waals surface area contributed by atoms with E-state index in [2.05, 4.69) is 40.7 Å². The van der Waals surface area contributed by atoms with Crippen molar-refractivity contribution in [1.82, 2.24) is 0 Å². The maximum Gasteiger partial charge on any atom is 0.330 e. The smallest absolute Gasteiger partial charge is 0.330 e. The van der Waals surface area contributed by atoms with E-state index < -0.39 is 0 Å². The largest absolute Gasteiger partial charge is 0.466 e. The Morgan fingerprint density at radius 1 is 1.10 bits per heavy atom. The Morgan fingerprint density at radius 2 is 1.77 bits per heavy atom. The van der Waals surface area contributed by atoms with Gasteiger partial charge in [0.05, 0.1) is 13.2 Å². The first-order valence-corrected chi connectivity index (χ1v) is 13.1. The van der Waals surface area contributed by atoms with E-state index in [1.807, 2.05) is 0 Å². The number of hydrogen-bond donors (Lipinski definition) is 1. The molecule has 4 saturated carbocycles. The van der Waals surface area contributed by atoms with Gasteiger partial charge in [-0.05, 0) is 96.7 Å². The van der Waals surface area contributed by atoms with E-state index in [0.29, 0.717) is 46.8 Å². The van der Waals surface area contributed by atoms with Crippen molar-refractivity contribution in [2.75, 3.05) is 7.11 Å². The first-order chi connectivity index (χ1) is 14.7. The first-order valence-electron chi connectivity index (χ1n) is 13.1. The van der Waals surface area contributed by atoms with E-state index >= 15 is 0 Å². The highest BCUT2D eigenvalue weighted by atomic mass is 16.5. The number of esters is 1. The number of rotatable bonds is 4. The molecule has 4 fully saturated rings. The zero-order chi connectivity index (χ0) is 22.6. The van der Waals surface area contributed by atoms with Crippen LogP contribution < -0.4 is 0 Å². The number of carbonyl (C=O) groups excluding carboxylic acids is 1. The normalized spacial score (nSPS) is 50.4. The highest BCUT2D eigenvalue weighted by molar-refractivity contribution is 5.81. The van der Waals surface area contributed by atoms with Gasteiger partial charge in [-0.1, -0.05) is 53.5 Å². The lowest BCUT2D eigenvalue weighted by Crippen LogP contribution is -2.61. The van der Waals surface area contributed by atoms with Crippen LogP contribution in [0.2, 0.25) is 0 Å². The summed E-state index contributed by atoms with van der Waals surface area (Å²) in [5, 5.41) is 11.8. The Morgan fingerprint density at radius 3 is 2.45 bits per heavy atom. The van der Waals surface area contributed by atoms with Gasteiger partial charge in [0, 0.05) is 6.08 Å². The van der Waals surface area contributed by atoms with E-state index in [4.69, 9.17) is 4.74 Å². The second-order valence-corrected chi connectivity index (χ2v) is 12.3. The summed E-state index contributed by atoms with van der Waals surface area (Å²) >= 11 is 0. The molecule has 31 heavy (non-hydrogen) atoms. The molecule has 0 aromatic rings. The molecule has 176 valence electrons. The highest BCUT2D eigenvalue weighted by Crippen LogP contribution is 2.69. The molecule has 1 N–H and O–H groups in total. The Kier molecular flexibility index (Phi) is 6.40. The van der Waals surface area contributed by atoms with Crippen molar-refractivity contribution < 1.29 is 14.6 Å². The molecule has 0 aliphatic heterocycles. The van der Waals surface area contributed by atoms with Gasteiger partial charge in [-0.15, -0.1) is 0 Å². The van der Waals surface area contributed by atoms with Crippen molar-refractivity contribution in [2.24, 2.45) is 58.2 Å². The third-order valence-corrected chi connectivity index (χ3v) is 11.1. The molecule has 0 radical (unpaired) electrons. The van der Waals surface area contributed by atoms with Crippen LogP contribution in [0.5, 0.6) is 0 Å². The van der Waals surface area contributed by atoms with Crippen LogP contribution in [0.4, 0.5) is 0 Å². The number of ether oxygens (including phenoxy) is 1. The average molecular weight is 431 g/mol. The predicted octanol–water partition coefficient (Wildman–Crippen LogP) is 6.25. The van der Waals surface area contributed by atoms with Gasteiger partial charge >= 0.3 is 5.97 Å². The van der Waals surface area contributed by atoms with E-state index in [0.717, 1.165) is 12.3 Å². The molecule has 0 aromatic heterocycles. The summed E-state index contributed by atoms with van der Waals surface area (Å²) in [4.78, 5) is 11.6. The van der Waals surface area contributed by atoms with Crippen LogP contribution in [-0.2, 0) is 9.53 Å². The Bertz CT molecular complexity index is 700. The highest BCUT2D eigenvalue weighted by Gasteiger charge is 2.64. The van der Waals surface area contributed by atoms with Gasteiger partial charge in [0.15, 0.2) is 0 Å². The zero-order valence-electron chi connectivity index (χ0n) is 20.8. The molecule has 4 aliphatic rings. The van der Waals surface area contributed by atoms with E-state index in [1.54, 1.807) is 6.08 Å². The summed E-state index contributed by atoms with van der Waals surface area (Å²) in [5.74, 6) is 4.42. The second-order valence-electron chi connectivity index (χ2n) is 12.3. The SMILES string of the molecule is CC[C@H]1[C@@H](O)[C@@H]2[C@H](CC[C@]3(C)[C@@H]([C@H](C)/C=C/C(=O)OC)CC[C@@H]23)[C@@]2(C)CC[C@@H](C)C[C@@H]12. The van der Waals surface area contributed by atoms with Crippen molar-refractivity contribution in [3.8, 4) is 0 Å². The molecule has 0 bridgehead atoms. The lowest BCUT2D eigenvalue weighted by Gasteiger charge is -2.65. The number of hydrogen-bond acceptors (Lipinski definition) is 3. The molecule has 4 aliphatic carbocycles. The number of aliphatic hydroxyl groups excluding tert-OH is 1. The topological polar surface area (TPSA) is 46.5 Å². The minimum Gasteiger partial charge on any atom is -0.466 e. The molecule has 11 atom stereocenters. The lowest BCUT2D eigenvalue weighted by molar-refractivity contribution is -0.198. The predicted molar refractivity (Wildman–Crippen MR) is 125 cm³/mol. The van der Waals surface area contributed by atoms with Crippen molar-refractivity contribution in [2.45, 2.75) is 92.1 Å². The molecule has 3 heteroatoms. The molecule has 4 rings (SSSR count). The van der Waals surface area contributed by atoms with Gasteiger partial charge in [-0.2, -0.15) is 0 Å². The van der Waals surface area contributed by atoms with Crippen molar-refractivity contribution >= 4 is 5.97 Å². The number of methoxy groups -OCH3 is 1. The standard InChI is InChI=1S/C28H46O3/c1-7-19-23-16-17(2)12-14-28(23,5)22-13-15-27(4)20(18(3)8-11-24(29)31-6)9-10-21(27)25(22)26(19)30/h8,11,17-23,25-26,30H,7,9-10,12-16H2,1-6H3/b11-8+/t17-,18-,19-,20-,21+,22+,23+,25+,26-,27-,28-/m1/s1. The van der Waals surface area contributed by atoms with Gasteiger partial charge in [0.1, 0.15) is 0 Å². The van der Waals surface area contributed by atoms with Crippen LogP contribution in [0.1, 0.15) is 86.0 Å². The fraction of sp³-hybridized carbons (Fsp3) is 0.893. The van der Waals surface area contributed by atoms with Crippen LogP contribution in [0, 0.1) is 58.2 Å². The molecular formula is C28H46O3. The van der Waals surface area contributed by atoms with E-state index in [9.17, 15) is 9.90 Å². The van der Waals surface area contributed by atoms with Crippen LogP contribution in [-0.4, -0.2) is 24.3 Å². The fourth-order valence-electron chi connectivity index (χ4n) is 9.51. The number of allylic oxidation sites excluding steroid dienone is 1. The van der Waals surface area contributed by atoms with E-state index in [1.165, 1.54) is 52.1 Å². The van der Waals surface area contributed by atoms with Crippen LogP contribution in [0.3, 0.4) is 0 Å². The van der Waals surface area contributed by atoms with Crippen LogP contribution in [0.15, 0.2) is 12.2 Å². The molecular weight excluding hydrogens is 384 g/mol. The fourth-order valence-corrected chi connectivity index (χ4v) is 9.51. The van der Waals surface area contributed by atoms with Crippen molar-refractivity contribution in [3.05, 3.63) is 12.2 Å². The molecule has 0 spiro atoms. The summed E-state index contributed by atoms with van der Waals surface area (Å²) in [6.07, 6.45) is 13.7. The van der Waals surface area contributed by atoms with Crippen LogP contribution >= 0.6 is 0 Å². The summed E-state index contributed by atoms with van der Waals surface area (Å²) in [7, 11) is 1.44. The molecule has 0 unspecified atom stereocenters. The quantitative estimate of drug-likeness (QED) is 0.423. The number of carbonyl (C=O) groups is 1. The lowest BCUT2D eigenvalue weighted by atomic mass is 9.41. The molecule has 0 saturated heterocycles. The van der Waals surface area contributed by atoms with Crippen molar-refractivity contribution in [1.29, 1.82) is 0 Å². The Labute approximate surface area is 190 Å². The molecule has 0 amide bonds. The minimum absolute atomic E-state index is 0.136. The number of aliphatic hydroxyl groups is 1. The number of fused-ring (bicyclic) bond motifs is 5. The maximum atomic E-state index is 11.8. The Balaban J connectivity index is 1.62. The van der Waals surface area contributed by atoms with Gasteiger partial charge in [-0.3, -0.25) is 0 Å². The van der Waals surface area contributed by atoms with Gasteiger partial charge < -0.3 is 9.84 Å². The average Bonchev–Trinajstić information content (AvgIpc) is 3.10. The molecule has 0 heterocycles. The summed E-state index contributed by atoms with van der Waals surface area (Å²) in [6.45, 7) is 12.1. The van der Waals surface area contributed by atoms with Crippen molar-refractivity contribution in [3.63, 3.8) is 0 Å². The molecule has 0 aromatic carbocycles. The van der Waals surface area contributed by atoms with Gasteiger partial charge in [-0.25, -0.2) is 4.79 Å². The summed E-state index contributed by atoms with van der Waals surface area (Å²) < 4.78 is 4.81. The summed E-state index contributed by atoms with van der Waals surface area (Å²) in [5.41, 5.74) is 0.679.